The van der Waals surface area contributed by atoms with Gasteiger partial charge in [-0.2, -0.15) is 0 Å². The third-order valence-electron chi connectivity index (χ3n) is 8.85. The molecule has 1 aromatic rings. The number of nitrogens with zero attached hydrogens (tertiary/aromatic N) is 3. The Kier molecular flexibility index (Phi) is 8.32. The number of primary amides is 1. The van der Waals surface area contributed by atoms with Crippen molar-refractivity contribution in [2.24, 2.45) is 11.7 Å². The first-order valence-corrected chi connectivity index (χ1v) is 13.8. The fourth-order valence-electron chi connectivity index (χ4n) is 6.78. The van der Waals surface area contributed by atoms with Crippen LogP contribution in [0.3, 0.4) is 0 Å². The van der Waals surface area contributed by atoms with Crippen molar-refractivity contribution < 1.29 is 28.6 Å². The molecule has 10 heteroatoms. The minimum atomic E-state index is -0.642. The molecule has 3 aliphatic heterocycles. The van der Waals surface area contributed by atoms with Gasteiger partial charge in [-0.3, -0.25) is 19.3 Å². The minimum absolute atomic E-state index is 0.00848. The summed E-state index contributed by atoms with van der Waals surface area (Å²) in [5.41, 5.74) is 7.91. The van der Waals surface area contributed by atoms with E-state index in [1.165, 1.54) is 0 Å². The first-order valence-electron chi connectivity index (χ1n) is 13.8. The molecule has 4 fully saturated rings. The molecule has 0 radical (unpaired) electrons. The highest BCUT2D eigenvalue weighted by atomic mass is 16.5. The lowest BCUT2D eigenvalue weighted by molar-refractivity contribution is -0.139. The average Bonchev–Trinajstić information content (AvgIpc) is 3.67. The number of amides is 2. The number of carbonyl (C=O) groups excluding carboxylic acids is 3. The quantitative estimate of drug-likeness (QED) is 0.505. The van der Waals surface area contributed by atoms with Crippen molar-refractivity contribution in [1.29, 1.82) is 0 Å². The smallest absolute Gasteiger partial charge is 0.249 e. The standard InChI is InChI=1S/C28H40N4O6/c1-36-14-13-30-9-11-31(12-10-30)19-7-8-20(27(29)34)21(15-19)24(18-5-3-4-6-18)28(35)32-16-23(37-2)26-25(32)22(33)17-38-26/h7-8,15,18,23-26H,3-6,9-14,16-17H2,1-2H3,(H2,29,34)/t23-,24-,25+,26+/m0/s1. The van der Waals surface area contributed by atoms with E-state index in [-0.39, 0.29) is 30.3 Å². The number of carbonyl (C=O) groups is 3. The van der Waals surface area contributed by atoms with Crippen molar-refractivity contribution in [3.8, 4) is 0 Å². The second-order valence-electron chi connectivity index (χ2n) is 10.9. The van der Waals surface area contributed by atoms with Crippen LogP contribution in [-0.2, 0) is 23.8 Å². The molecule has 0 unspecified atom stereocenters. The number of hydrogen-bond donors (Lipinski definition) is 1. The summed E-state index contributed by atoms with van der Waals surface area (Å²) >= 11 is 0. The zero-order valence-electron chi connectivity index (χ0n) is 22.5. The number of benzene rings is 1. The van der Waals surface area contributed by atoms with Gasteiger partial charge in [-0.05, 0) is 42.5 Å². The highest BCUT2D eigenvalue weighted by molar-refractivity contribution is 5.99. The number of hydrogen-bond acceptors (Lipinski definition) is 8. The van der Waals surface area contributed by atoms with Gasteiger partial charge in [0.05, 0.1) is 19.1 Å². The molecule has 1 aliphatic carbocycles. The maximum Gasteiger partial charge on any atom is 0.249 e. The molecule has 4 atom stereocenters. The van der Waals surface area contributed by atoms with Gasteiger partial charge >= 0.3 is 0 Å². The van der Waals surface area contributed by atoms with Crippen LogP contribution >= 0.6 is 0 Å². The Morgan fingerprint density at radius 3 is 2.53 bits per heavy atom. The summed E-state index contributed by atoms with van der Waals surface area (Å²) in [6.45, 7) is 5.42. The molecular formula is C28H40N4O6. The van der Waals surface area contributed by atoms with E-state index in [0.717, 1.165) is 64.1 Å². The summed E-state index contributed by atoms with van der Waals surface area (Å²) in [7, 11) is 3.30. The van der Waals surface area contributed by atoms with Crippen LogP contribution in [0.2, 0.25) is 0 Å². The molecule has 208 valence electrons. The first-order chi connectivity index (χ1) is 18.4. The van der Waals surface area contributed by atoms with E-state index in [9.17, 15) is 14.4 Å². The fourth-order valence-corrected chi connectivity index (χ4v) is 6.78. The van der Waals surface area contributed by atoms with Gasteiger partial charge < -0.3 is 29.7 Å². The van der Waals surface area contributed by atoms with Crippen LogP contribution < -0.4 is 10.6 Å². The maximum atomic E-state index is 14.4. The molecule has 38 heavy (non-hydrogen) atoms. The topological polar surface area (TPSA) is 115 Å². The van der Waals surface area contributed by atoms with Gasteiger partial charge in [0.15, 0.2) is 5.78 Å². The molecule has 3 saturated heterocycles. The van der Waals surface area contributed by atoms with Crippen LogP contribution in [0.15, 0.2) is 18.2 Å². The van der Waals surface area contributed by atoms with Crippen molar-refractivity contribution >= 4 is 23.3 Å². The molecule has 1 saturated carbocycles. The Morgan fingerprint density at radius 1 is 1.13 bits per heavy atom. The summed E-state index contributed by atoms with van der Waals surface area (Å²) in [5.74, 6) is -1.23. The third-order valence-corrected chi connectivity index (χ3v) is 8.85. The highest BCUT2D eigenvalue weighted by Gasteiger charge is 2.54. The summed E-state index contributed by atoms with van der Waals surface area (Å²) in [6, 6.07) is 5.07. The van der Waals surface area contributed by atoms with E-state index >= 15 is 0 Å². The van der Waals surface area contributed by atoms with Gasteiger partial charge in [-0.15, -0.1) is 0 Å². The monoisotopic (exact) mass is 528 g/mol. The molecule has 5 rings (SSSR count). The largest absolute Gasteiger partial charge is 0.383 e. The summed E-state index contributed by atoms with van der Waals surface area (Å²) < 4.78 is 16.5. The number of fused-ring (bicyclic) bond motifs is 1. The van der Waals surface area contributed by atoms with E-state index in [1.807, 2.05) is 12.1 Å². The number of methoxy groups -OCH3 is 2. The predicted molar refractivity (Wildman–Crippen MR) is 141 cm³/mol. The Balaban J connectivity index is 1.46. The van der Waals surface area contributed by atoms with Crippen molar-refractivity contribution in [3.05, 3.63) is 29.3 Å². The molecule has 2 N–H and O–H groups in total. The van der Waals surface area contributed by atoms with Gasteiger partial charge in [-0.1, -0.05) is 12.8 Å². The normalized spacial score (nSPS) is 27.2. The number of piperazine rings is 1. The number of nitrogens with two attached hydrogens (primary N) is 1. The molecule has 10 nitrogen and oxygen atoms in total. The van der Waals surface area contributed by atoms with Crippen LogP contribution in [0.1, 0.15) is 47.5 Å². The van der Waals surface area contributed by atoms with Gasteiger partial charge in [0, 0.05) is 58.2 Å². The Hall–Kier alpha value is -2.53. The number of rotatable bonds is 9. The molecule has 0 spiro atoms. The molecular weight excluding hydrogens is 488 g/mol. The number of Topliss-reactive ketones (excluding diaryl/α,β-unsaturated/α-hetero) is 1. The van der Waals surface area contributed by atoms with Crippen molar-refractivity contribution in [3.63, 3.8) is 0 Å². The molecule has 4 aliphatic rings. The third kappa shape index (κ3) is 5.19. The lowest BCUT2D eigenvalue weighted by atomic mass is 9.80. The van der Waals surface area contributed by atoms with Gasteiger partial charge in [0.2, 0.25) is 11.8 Å². The Bertz CT molecular complexity index is 1040. The maximum absolute atomic E-state index is 14.4. The second kappa shape index (κ2) is 11.7. The van der Waals surface area contributed by atoms with Crippen LogP contribution in [0.4, 0.5) is 5.69 Å². The lowest BCUT2D eigenvalue weighted by Crippen LogP contribution is -2.47. The molecule has 3 heterocycles. The number of ketones is 1. The molecule has 1 aromatic carbocycles. The fraction of sp³-hybridized carbons (Fsp3) is 0.679. The van der Waals surface area contributed by atoms with E-state index < -0.39 is 24.0 Å². The van der Waals surface area contributed by atoms with E-state index in [2.05, 4.69) is 9.80 Å². The van der Waals surface area contributed by atoms with Crippen LogP contribution in [-0.4, -0.2) is 112 Å². The lowest BCUT2D eigenvalue weighted by Gasteiger charge is -2.37. The van der Waals surface area contributed by atoms with Crippen molar-refractivity contribution in [2.45, 2.75) is 49.9 Å². The van der Waals surface area contributed by atoms with Gasteiger partial charge in [0.25, 0.3) is 0 Å². The van der Waals surface area contributed by atoms with E-state index in [0.29, 0.717) is 24.3 Å². The zero-order valence-corrected chi connectivity index (χ0v) is 22.5. The molecule has 0 aromatic heterocycles. The summed E-state index contributed by atoms with van der Waals surface area (Å²) in [5, 5.41) is 0. The van der Waals surface area contributed by atoms with Crippen LogP contribution in [0, 0.1) is 5.92 Å². The number of anilines is 1. The van der Waals surface area contributed by atoms with Crippen LogP contribution in [0.5, 0.6) is 0 Å². The Morgan fingerprint density at radius 2 is 1.87 bits per heavy atom. The van der Waals surface area contributed by atoms with Crippen LogP contribution in [0.25, 0.3) is 0 Å². The summed E-state index contributed by atoms with van der Waals surface area (Å²) in [6.07, 6.45) is 3.08. The highest BCUT2D eigenvalue weighted by Crippen LogP contribution is 2.43. The average molecular weight is 529 g/mol. The van der Waals surface area contributed by atoms with Crippen molar-refractivity contribution in [1.82, 2.24) is 9.80 Å². The molecule has 0 bridgehead atoms. The van der Waals surface area contributed by atoms with E-state index in [4.69, 9.17) is 19.9 Å². The predicted octanol–water partition coefficient (Wildman–Crippen LogP) is 1.02. The number of ether oxygens (including phenoxy) is 3. The second-order valence-corrected chi connectivity index (χ2v) is 10.9. The SMILES string of the molecule is COCCN1CCN(c2ccc(C(N)=O)c([C@@H](C(=O)N3C[C@H](OC)[C@H]4OCC(=O)[C@H]43)C3CCCC3)c2)CC1. The molecule has 2 amide bonds. The minimum Gasteiger partial charge on any atom is -0.383 e. The van der Waals surface area contributed by atoms with Gasteiger partial charge in [0.1, 0.15) is 24.9 Å². The van der Waals surface area contributed by atoms with E-state index in [1.54, 1.807) is 25.2 Å². The zero-order chi connectivity index (χ0) is 26.8. The Labute approximate surface area is 224 Å². The number of likely N-dealkylation sites (tertiary alicyclic amines) is 1. The van der Waals surface area contributed by atoms with Gasteiger partial charge in [-0.25, -0.2) is 0 Å². The summed E-state index contributed by atoms with van der Waals surface area (Å²) in [4.78, 5) is 46.1. The first kappa shape index (κ1) is 27.1. The van der Waals surface area contributed by atoms with Crippen molar-refractivity contribution in [2.75, 3.05) is 71.6 Å².